The van der Waals surface area contributed by atoms with E-state index < -0.39 is 19.7 Å². The van der Waals surface area contributed by atoms with Crippen LogP contribution >= 0.6 is 0 Å². The Kier molecular flexibility index (Phi) is 9.22. The van der Waals surface area contributed by atoms with Crippen molar-refractivity contribution in [3.8, 4) is 11.5 Å². The van der Waals surface area contributed by atoms with Crippen molar-refractivity contribution in [3.05, 3.63) is 80.6 Å². The number of aliphatic imine (C=N–C) groups is 1. The first-order chi connectivity index (χ1) is 18.3. The molecule has 0 aliphatic rings. The zero-order chi connectivity index (χ0) is 28.8. The van der Waals surface area contributed by atoms with E-state index in [1.165, 1.54) is 4.57 Å². The van der Waals surface area contributed by atoms with Crippen molar-refractivity contribution in [1.82, 2.24) is 14.1 Å². The summed E-state index contributed by atoms with van der Waals surface area (Å²) in [6.07, 6.45) is 0. The van der Waals surface area contributed by atoms with E-state index in [1.807, 2.05) is 24.3 Å². The molecule has 1 heterocycles. The van der Waals surface area contributed by atoms with E-state index in [0.29, 0.717) is 5.75 Å². The van der Waals surface area contributed by atoms with E-state index in [4.69, 9.17) is 20.6 Å². The molecule has 0 spiro atoms. The van der Waals surface area contributed by atoms with Gasteiger partial charge in [-0.15, -0.1) is 0 Å². The fourth-order valence-electron chi connectivity index (χ4n) is 3.50. The summed E-state index contributed by atoms with van der Waals surface area (Å²) in [7, 11) is -0.412. The maximum Gasteiger partial charge on any atom is 0.355 e. The van der Waals surface area contributed by atoms with E-state index in [0.717, 1.165) is 21.4 Å². The molecule has 3 rings (SSSR count). The van der Waals surface area contributed by atoms with E-state index in [2.05, 4.69) is 49.2 Å². The SMILES string of the molecule is COc1ccc(Cn2c(=O)nc(NCCN=C(N)N)n(Cc3ccc(O[Si](C)(C)C(C)(C)C)cc3)c2=O)cc1. The van der Waals surface area contributed by atoms with Crippen molar-refractivity contribution in [2.75, 3.05) is 25.5 Å². The molecule has 0 saturated heterocycles. The largest absolute Gasteiger partial charge is 0.544 e. The normalized spacial score (nSPS) is 11.6. The van der Waals surface area contributed by atoms with Gasteiger partial charge in [0.05, 0.1) is 26.7 Å². The van der Waals surface area contributed by atoms with Crippen LogP contribution in [0, 0.1) is 0 Å². The number of benzene rings is 2. The van der Waals surface area contributed by atoms with E-state index in [1.54, 1.807) is 31.4 Å². The van der Waals surface area contributed by atoms with Crippen LogP contribution in [0.5, 0.6) is 11.5 Å². The molecular formula is C27H39N7O4Si. The van der Waals surface area contributed by atoms with Crippen molar-refractivity contribution in [3.63, 3.8) is 0 Å². The molecular weight excluding hydrogens is 514 g/mol. The summed E-state index contributed by atoms with van der Waals surface area (Å²) in [4.78, 5) is 34.6. The highest BCUT2D eigenvalue weighted by Gasteiger charge is 2.38. The average Bonchev–Trinajstić information content (AvgIpc) is 2.87. The number of nitrogens with zero attached hydrogens (tertiary/aromatic N) is 4. The Balaban J connectivity index is 1.93. The van der Waals surface area contributed by atoms with Crippen LogP contribution in [0.25, 0.3) is 0 Å². The lowest BCUT2D eigenvalue weighted by atomic mass is 10.2. The van der Waals surface area contributed by atoms with Gasteiger partial charge < -0.3 is 25.9 Å². The third-order valence-corrected chi connectivity index (χ3v) is 11.1. The Bertz CT molecular complexity index is 1400. The molecule has 11 nitrogen and oxygen atoms in total. The highest BCUT2D eigenvalue weighted by molar-refractivity contribution is 6.74. The number of hydrogen-bond acceptors (Lipinski definition) is 7. The van der Waals surface area contributed by atoms with Crippen molar-refractivity contribution in [2.45, 2.75) is 52.0 Å². The minimum Gasteiger partial charge on any atom is -0.544 e. The maximum atomic E-state index is 13.6. The molecule has 210 valence electrons. The zero-order valence-electron chi connectivity index (χ0n) is 23.5. The van der Waals surface area contributed by atoms with Gasteiger partial charge in [0.15, 0.2) is 5.96 Å². The molecule has 5 N–H and O–H groups in total. The second-order valence-electron chi connectivity index (χ2n) is 10.8. The fourth-order valence-corrected chi connectivity index (χ4v) is 4.53. The molecule has 0 fully saturated rings. The van der Waals surface area contributed by atoms with Gasteiger partial charge in [-0.3, -0.25) is 9.56 Å². The van der Waals surface area contributed by atoms with Crippen LogP contribution in [-0.2, 0) is 13.1 Å². The molecule has 2 aromatic carbocycles. The van der Waals surface area contributed by atoms with Crippen molar-refractivity contribution < 1.29 is 9.16 Å². The summed E-state index contributed by atoms with van der Waals surface area (Å²) >= 11 is 0. The molecule has 0 radical (unpaired) electrons. The zero-order valence-corrected chi connectivity index (χ0v) is 24.5. The predicted octanol–water partition coefficient (Wildman–Crippen LogP) is 2.58. The number of nitrogens with two attached hydrogens (primary N) is 2. The highest BCUT2D eigenvalue weighted by Crippen LogP contribution is 2.37. The molecule has 3 aromatic rings. The van der Waals surface area contributed by atoms with Crippen LogP contribution in [0.4, 0.5) is 5.95 Å². The molecule has 0 aliphatic heterocycles. The Labute approximate surface area is 229 Å². The summed E-state index contributed by atoms with van der Waals surface area (Å²) < 4.78 is 14.1. The number of hydrogen-bond donors (Lipinski definition) is 3. The number of rotatable bonds is 11. The molecule has 1 aromatic heterocycles. The van der Waals surface area contributed by atoms with Crippen LogP contribution in [0.2, 0.25) is 18.1 Å². The minimum atomic E-state index is -1.99. The summed E-state index contributed by atoms with van der Waals surface area (Å²) in [5.74, 6) is 1.57. The van der Waals surface area contributed by atoms with Gasteiger partial charge in [-0.05, 0) is 53.5 Å². The van der Waals surface area contributed by atoms with Crippen LogP contribution in [0.15, 0.2) is 63.1 Å². The quantitative estimate of drug-likeness (QED) is 0.142. The summed E-state index contributed by atoms with van der Waals surface area (Å²) in [6, 6.07) is 14.8. The standard InChI is InChI=1S/C27H39N7O4Si/c1-27(2,3)39(5,6)38-22-13-9-19(10-14-22)17-33-24(31-16-15-30-23(28)29)32-25(35)34(26(33)36)18-20-7-11-21(37-4)12-8-20/h7-14H,15-18H2,1-6H3,(H4,28,29,30)(H,31,32,35). The van der Waals surface area contributed by atoms with E-state index in [9.17, 15) is 9.59 Å². The number of guanidine groups is 1. The van der Waals surface area contributed by atoms with Crippen LogP contribution < -0.4 is 37.3 Å². The summed E-state index contributed by atoms with van der Waals surface area (Å²) in [6.45, 7) is 11.8. The van der Waals surface area contributed by atoms with Gasteiger partial charge in [-0.2, -0.15) is 4.98 Å². The third kappa shape index (κ3) is 7.73. The second kappa shape index (κ2) is 12.2. The average molecular weight is 554 g/mol. The monoisotopic (exact) mass is 553 g/mol. The maximum absolute atomic E-state index is 13.6. The number of ether oxygens (including phenoxy) is 1. The van der Waals surface area contributed by atoms with Gasteiger partial charge in [0.2, 0.25) is 14.3 Å². The predicted molar refractivity (Wildman–Crippen MR) is 157 cm³/mol. The van der Waals surface area contributed by atoms with Gasteiger partial charge >= 0.3 is 11.4 Å². The first-order valence-corrected chi connectivity index (χ1v) is 15.6. The Morgan fingerprint density at radius 3 is 2.00 bits per heavy atom. The first-order valence-electron chi connectivity index (χ1n) is 12.7. The van der Waals surface area contributed by atoms with E-state index >= 15 is 0 Å². The smallest absolute Gasteiger partial charge is 0.355 e. The van der Waals surface area contributed by atoms with Gasteiger partial charge in [0, 0.05) is 6.54 Å². The molecule has 0 unspecified atom stereocenters. The van der Waals surface area contributed by atoms with Crippen LogP contribution in [0.1, 0.15) is 31.9 Å². The lowest BCUT2D eigenvalue weighted by molar-refractivity contribution is 0.414. The van der Waals surface area contributed by atoms with Crippen LogP contribution in [-0.4, -0.2) is 48.6 Å². The van der Waals surface area contributed by atoms with Gasteiger partial charge in [-0.1, -0.05) is 45.0 Å². The van der Waals surface area contributed by atoms with Gasteiger partial charge in [0.25, 0.3) is 0 Å². The number of anilines is 1. The van der Waals surface area contributed by atoms with Crippen LogP contribution in [0.3, 0.4) is 0 Å². The van der Waals surface area contributed by atoms with E-state index in [-0.39, 0.29) is 43.1 Å². The van der Waals surface area contributed by atoms with Crippen molar-refractivity contribution in [2.24, 2.45) is 16.5 Å². The molecule has 0 aliphatic carbocycles. The molecule has 0 atom stereocenters. The van der Waals surface area contributed by atoms with Crippen molar-refractivity contribution in [1.29, 1.82) is 0 Å². The first kappa shape index (κ1) is 29.5. The Morgan fingerprint density at radius 2 is 1.49 bits per heavy atom. The topological polar surface area (TPSA) is 152 Å². The summed E-state index contributed by atoms with van der Waals surface area (Å²) in [5.41, 5.74) is 11.3. The highest BCUT2D eigenvalue weighted by atomic mass is 28.4. The lowest BCUT2D eigenvalue weighted by Gasteiger charge is -2.36. The van der Waals surface area contributed by atoms with Crippen molar-refractivity contribution >= 4 is 20.2 Å². The van der Waals surface area contributed by atoms with Gasteiger partial charge in [0.1, 0.15) is 11.5 Å². The number of nitrogens with one attached hydrogen (secondary N) is 1. The number of methoxy groups -OCH3 is 1. The lowest BCUT2D eigenvalue weighted by Crippen LogP contribution is -2.44. The molecule has 0 saturated carbocycles. The molecule has 39 heavy (non-hydrogen) atoms. The Hall–Kier alpha value is -4.06. The fraction of sp³-hybridized carbons (Fsp3) is 0.407. The minimum absolute atomic E-state index is 0.0444. The molecule has 0 bridgehead atoms. The molecule has 0 amide bonds. The third-order valence-electron chi connectivity index (χ3n) is 6.78. The molecule has 12 heteroatoms. The Morgan fingerprint density at radius 1 is 0.949 bits per heavy atom. The van der Waals surface area contributed by atoms with Gasteiger partial charge in [-0.25, -0.2) is 14.2 Å². The summed E-state index contributed by atoms with van der Waals surface area (Å²) in [5, 5.41) is 3.09. The number of aromatic nitrogens is 3. The second-order valence-corrected chi connectivity index (χ2v) is 15.5.